The highest BCUT2D eigenvalue weighted by Gasteiger charge is 2.18. The summed E-state index contributed by atoms with van der Waals surface area (Å²) < 4.78 is 6.61. The van der Waals surface area contributed by atoms with Crippen LogP contribution in [-0.2, 0) is 0 Å². The van der Waals surface area contributed by atoms with Crippen LogP contribution >= 0.6 is 0 Å². The molecule has 310 valence electrons. The van der Waals surface area contributed by atoms with E-state index in [1.165, 1.54) is 115 Å². The predicted molar refractivity (Wildman–Crippen MR) is 286 cm³/mol. The summed E-state index contributed by atoms with van der Waals surface area (Å²) in [5.74, 6) is 0. The second kappa shape index (κ2) is 14.9. The summed E-state index contributed by atoms with van der Waals surface area (Å²) in [5.41, 5.74) is 14.0. The minimum Gasteiger partial charge on any atom is -0.455 e. The van der Waals surface area contributed by atoms with Gasteiger partial charge in [0.25, 0.3) is 0 Å². The smallest absolute Gasteiger partial charge is 0.143 e. The molecule has 1 aromatic heterocycles. The number of para-hydroxylation sites is 1. The zero-order valence-corrected chi connectivity index (χ0v) is 36.5. The third-order valence-corrected chi connectivity index (χ3v) is 14.3. The summed E-state index contributed by atoms with van der Waals surface area (Å²) in [7, 11) is 0. The zero-order valence-electron chi connectivity index (χ0n) is 36.5. The Morgan fingerprint density at radius 1 is 0.224 bits per heavy atom. The molecule has 0 aliphatic rings. The van der Waals surface area contributed by atoms with Crippen LogP contribution in [0.4, 0.5) is 0 Å². The molecule has 0 radical (unpaired) electrons. The third-order valence-electron chi connectivity index (χ3n) is 14.3. The Hall–Kier alpha value is -8.78. The fraction of sp³-hybridized carbons (Fsp3) is 0. The normalized spacial score (nSPS) is 11.9. The van der Waals surface area contributed by atoms with Crippen LogP contribution in [0.5, 0.6) is 0 Å². The first-order valence-corrected chi connectivity index (χ1v) is 23.1. The summed E-state index contributed by atoms with van der Waals surface area (Å²) in [5, 5.41) is 17.3. The van der Waals surface area contributed by atoms with Crippen LogP contribution in [-0.4, -0.2) is 0 Å². The van der Waals surface area contributed by atoms with Crippen molar-refractivity contribution in [3.8, 4) is 55.6 Å². The number of benzene rings is 13. The van der Waals surface area contributed by atoms with Crippen molar-refractivity contribution in [2.75, 3.05) is 0 Å². The van der Waals surface area contributed by atoms with Gasteiger partial charge in [-0.1, -0.05) is 224 Å². The summed E-state index contributed by atoms with van der Waals surface area (Å²) in [4.78, 5) is 0. The second-order valence-electron chi connectivity index (χ2n) is 17.9. The lowest BCUT2D eigenvalue weighted by Gasteiger charge is -2.18. The Morgan fingerprint density at radius 3 is 1.27 bits per heavy atom. The van der Waals surface area contributed by atoms with Crippen LogP contribution in [0.25, 0.3) is 142 Å². The highest BCUT2D eigenvalue weighted by Crippen LogP contribution is 2.45. The largest absolute Gasteiger partial charge is 0.455 e. The third kappa shape index (κ3) is 5.95. The molecule has 0 saturated carbocycles. The molecule has 1 nitrogen and oxygen atoms in total. The topological polar surface area (TPSA) is 13.1 Å². The molecule has 0 saturated heterocycles. The molecule has 0 bridgehead atoms. The van der Waals surface area contributed by atoms with Gasteiger partial charge in [-0.15, -0.1) is 0 Å². The molecule has 0 atom stereocenters. The van der Waals surface area contributed by atoms with Gasteiger partial charge in [-0.25, -0.2) is 0 Å². The number of rotatable bonds is 5. The first kappa shape index (κ1) is 37.6. The molecule has 14 aromatic rings. The van der Waals surface area contributed by atoms with Crippen molar-refractivity contribution in [3.63, 3.8) is 0 Å². The highest BCUT2D eigenvalue weighted by atomic mass is 16.3. The molecule has 67 heavy (non-hydrogen) atoms. The Kier molecular flexibility index (Phi) is 8.35. The van der Waals surface area contributed by atoms with Crippen LogP contribution in [0.3, 0.4) is 0 Å². The maximum Gasteiger partial charge on any atom is 0.143 e. The Labute approximate surface area is 387 Å². The van der Waals surface area contributed by atoms with Gasteiger partial charge in [-0.05, 0) is 133 Å². The van der Waals surface area contributed by atoms with Gasteiger partial charge in [0.05, 0.1) is 0 Å². The van der Waals surface area contributed by atoms with Gasteiger partial charge in [0.1, 0.15) is 11.2 Å². The van der Waals surface area contributed by atoms with Crippen LogP contribution in [0.1, 0.15) is 0 Å². The fourth-order valence-electron chi connectivity index (χ4n) is 11.1. The standard InChI is InChI=1S/C66H40O/c1-2-11-41(12-3-1)42-21-25-45(26-22-42)63-57-15-6-8-17-59(57)64(60-18-9-7-16-58(60)63)46-27-23-43(24-28-46)47-29-34-51-48(39-47)31-36-56-52-35-30-50(40-49(52)32-37-55(51)56)54-19-10-20-61-65-53-14-5-4-13-44(53)33-38-62(65)67-66(54)61/h1-40H. The van der Waals surface area contributed by atoms with Crippen LogP contribution < -0.4 is 0 Å². The van der Waals surface area contributed by atoms with E-state index in [9.17, 15) is 0 Å². The van der Waals surface area contributed by atoms with E-state index in [0.29, 0.717) is 0 Å². The Bertz CT molecular complexity index is 4230. The van der Waals surface area contributed by atoms with Gasteiger partial charge in [0.15, 0.2) is 0 Å². The molecule has 0 spiro atoms. The minimum atomic E-state index is 0.922. The van der Waals surface area contributed by atoms with Crippen LogP contribution in [0, 0.1) is 0 Å². The molecular formula is C66H40O. The molecule has 0 aliphatic carbocycles. The molecule has 0 unspecified atom stereocenters. The molecule has 0 fully saturated rings. The van der Waals surface area contributed by atoms with Gasteiger partial charge >= 0.3 is 0 Å². The number of furan rings is 1. The van der Waals surface area contributed by atoms with E-state index in [4.69, 9.17) is 4.42 Å². The summed E-state index contributed by atoms with van der Waals surface area (Å²) in [6.45, 7) is 0. The average molecular weight is 849 g/mol. The fourth-order valence-corrected chi connectivity index (χ4v) is 11.1. The van der Waals surface area contributed by atoms with Crippen molar-refractivity contribution >= 4 is 86.6 Å². The van der Waals surface area contributed by atoms with E-state index in [1.807, 2.05) is 0 Å². The number of hydrogen-bond acceptors (Lipinski definition) is 1. The molecule has 0 aliphatic heterocycles. The monoisotopic (exact) mass is 848 g/mol. The summed E-state index contributed by atoms with van der Waals surface area (Å²) in [6.07, 6.45) is 0. The van der Waals surface area contributed by atoms with Crippen molar-refractivity contribution in [2.24, 2.45) is 0 Å². The minimum absolute atomic E-state index is 0.922. The molecule has 0 N–H and O–H groups in total. The lowest BCUT2D eigenvalue weighted by Crippen LogP contribution is -1.91. The SMILES string of the molecule is c1ccc(-c2ccc(-c3c4ccccc4c(-c4ccc(-c5ccc6c(ccc7c8ccc(-c9cccc%10c9oc9ccc%11ccccc%11c9%10)cc8ccc67)c5)cc4)c4ccccc34)cc2)cc1. The zero-order chi connectivity index (χ0) is 44.0. The van der Waals surface area contributed by atoms with Crippen molar-refractivity contribution < 1.29 is 4.42 Å². The molecule has 14 rings (SSSR count). The van der Waals surface area contributed by atoms with Gasteiger partial charge in [0.2, 0.25) is 0 Å². The van der Waals surface area contributed by atoms with Crippen molar-refractivity contribution in [2.45, 2.75) is 0 Å². The Morgan fingerprint density at radius 2 is 0.657 bits per heavy atom. The molecule has 0 amide bonds. The first-order valence-electron chi connectivity index (χ1n) is 23.1. The average Bonchev–Trinajstić information content (AvgIpc) is 3.80. The van der Waals surface area contributed by atoms with E-state index in [1.54, 1.807) is 0 Å². The number of fused-ring (bicyclic) bond motifs is 12. The number of hydrogen-bond donors (Lipinski definition) is 0. The van der Waals surface area contributed by atoms with E-state index in [-0.39, 0.29) is 0 Å². The van der Waals surface area contributed by atoms with E-state index < -0.39 is 0 Å². The quantitative estimate of drug-likeness (QED) is 0.124. The van der Waals surface area contributed by atoms with Crippen LogP contribution in [0.15, 0.2) is 247 Å². The summed E-state index contributed by atoms with van der Waals surface area (Å²) in [6, 6.07) is 89.0. The Balaban J connectivity index is 0.808. The summed E-state index contributed by atoms with van der Waals surface area (Å²) >= 11 is 0. The van der Waals surface area contributed by atoms with Gasteiger partial charge in [-0.2, -0.15) is 0 Å². The second-order valence-corrected chi connectivity index (χ2v) is 17.9. The van der Waals surface area contributed by atoms with Crippen molar-refractivity contribution in [1.29, 1.82) is 0 Å². The molecular weight excluding hydrogens is 809 g/mol. The predicted octanol–water partition coefficient (Wildman–Crippen LogP) is 18.8. The van der Waals surface area contributed by atoms with Crippen molar-refractivity contribution in [1.82, 2.24) is 0 Å². The lowest BCUT2D eigenvalue weighted by atomic mass is 9.85. The van der Waals surface area contributed by atoms with E-state index in [0.717, 1.165) is 27.7 Å². The molecule has 13 aromatic carbocycles. The molecule has 1 heterocycles. The highest BCUT2D eigenvalue weighted by molar-refractivity contribution is 6.23. The van der Waals surface area contributed by atoms with Gasteiger partial charge < -0.3 is 4.42 Å². The first-order chi connectivity index (χ1) is 33.2. The molecule has 1 heteroatoms. The van der Waals surface area contributed by atoms with Crippen LogP contribution in [0.2, 0.25) is 0 Å². The van der Waals surface area contributed by atoms with Gasteiger partial charge in [-0.3, -0.25) is 0 Å². The maximum atomic E-state index is 6.61. The van der Waals surface area contributed by atoms with Gasteiger partial charge in [0, 0.05) is 16.3 Å². The van der Waals surface area contributed by atoms with E-state index >= 15 is 0 Å². The lowest BCUT2D eigenvalue weighted by molar-refractivity contribution is 0.670. The van der Waals surface area contributed by atoms with E-state index in [2.05, 4.69) is 243 Å². The van der Waals surface area contributed by atoms with Crippen molar-refractivity contribution in [3.05, 3.63) is 243 Å². The maximum absolute atomic E-state index is 6.61.